The van der Waals surface area contributed by atoms with Crippen LogP contribution < -0.4 is 16.0 Å². The molecule has 0 aliphatic carbocycles. The fourth-order valence-electron chi connectivity index (χ4n) is 1.72. The topological polar surface area (TPSA) is 82.3 Å². The van der Waals surface area contributed by atoms with Crippen LogP contribution in [0.1, 0.15) is 20.3 Å². The van der Waals surface area contributed by atoms with Gasteiger partial charge in [0.25, 0.3) is 0 Å². The zero-order valence-electron chi connectivity index (χ0n) is 12.0. The quantitative estimate of drug-likeness (QED) is 0.621. The minimum atomic E-state index is -0.224. The number of hydrazine groups is 1. The third-order valence-electron chi connectivity index (χ3n) is 3.19. The molecule has 0 unspecified atom stereocenters. The Morgan fingerprint density at radius 2 is 2.00 bits per heavy atom. The van der Waals surface area contributed by atoms with Gasteiger partial charge in [0.05, 0.1) is 23.1 Å². The summed E-state index contributed by atoms with van der Waals surface area (Å²) < 4.78 is 11.1. The number of nitrogen functional groups attached to an aromatic ring is 1. The number of anilines is 1. The van der Waals surface area contributed by atoms with Crippen molar-refractivity contribution < 1.29 is 9.47 Å². The normalized spacial score (nSPS) is 11.6. The number of rotatable bonds is 6. The van der Waals surface area contributed by atoms with E-state index in [1.165, 1.54) is 0 Å². The lowest BCUT2D eigenvalue weighted by Crippen LogP contribution is -2.25. The molecule has 0 spiro atoms. The third kappa shape index (κ3) is 3.34. The van der Waals surface area contributed by atoms with E-state index in [0.29, 0.717) is 18.4 Å². The Kier molecular flexibility index (Phi) is 4.36. The van der Waals surface area contributed by atoms with Crippen LogP contribution >= 0.6 is 0 Å². The van der Waals surface area contributed by atoms with Crippen molar-refractivity contribution in [2.75, 3.05) is 19.1 Å². The Labute approximate surface area is 118 Å². The van der Waals surface area contributed by atoms with E-state index >= 15 is 0 Å². The van der Waals surface area contributed by atoms with Crippen LogP contribution in [0.2, 0.25) is 0 Å². The summed E-state index contributed by atoms with van der Waals surface area (Å²) in [6.07, 6.45) is 0.757. The fourth-order valence-corrected chi connectivity index (χ4v) is 1.72. The monoisotopic (exact) mass is 276 g/mol. The largest absolute Gasteiger partial charge is 0.477 e. The molecule has 0 amide bonds. The second kappa shape index (κ2) is 6.02. The Morgan fingerprint density at radius 1 is 1.25 bits per heavy atom. The van der Waals surface area contributed by atoms with Crippen molar-refractivity contribution in [1.29, 1.82) is 0 Å². The van der Waals surface area contributed by atoms with Crippen LogP contribution in [0.3, 0.4) is 0 Å². The van der Waals surface area contributed by atoms with E-state index < -0.39 is 0 Å². The maximum Gasteiger partial charge on any atom is 0.241 e. The molecule has 2 rings (SSSR count). The van der Waals surface area contributed by atoms with Crippen molar-refractivity contribution in [2.24, 2.45) is 5.84 Å². The molecule has 6 nitrogen and oxygen atoms in total. The molecule has 0 bridgehead atoms. The number of methoxy groups -OCH3 is 1. The molecule has 1 aromatic carbocycles. The van der Waals surface area contributed by atoms with E-state index in [2.05, 4.69) is 15.4 Å². The molecule has 1 aromatic heterocycles. The molecule has 6 heteroatoms. The van der Waals surface area contributed by atoms with Gasteiger partial charge in [0.1, 0.15) is 0 Å². The second-order valence-corrected chi connectivity index (χ2v) is 5.08. The van der Waals surface area contributed by atoms with Gasteiger partial charge in [0.2, 0.25) is 11.8 Å². The molecule has 108 valence electrons. The number of hydrogen-bond donors (Lipinski definition) is 2. The third-order valence-corrected chi connectivity index (χ3v) is 3.19. The van der Waals surface area contributed by atoms with Crippen LogP contribution in [0, 0.1) is 0 Å². The number of aromatic nitrogens is 2. The van der Waals surface area contributed by atoms with Crippen LogP contribution in [-0.2, 0) is 4.74 Å². The van der Waals surface area contributed by atoms with Gasteiger partial charge in [-0.2, -0.15) is 4.98 Å². The highest BCUT2D eigenvalue weighted by atomic mass is 16.5. The molecule has 0 fully saturated rings. The molecule has 0 aliphatic rings. The number of para-hydroxylation sites is 1. The predicted molar refractivity (Wildman–Crippen MR) is 78.5 cm³/mol. The first kappa shape index (κ1) is 14.5. The molecule has 0 saturated heterocycles. The lowest BCUT2D eigenvalue weighted by molar-refractivity contribution is 0.00523. The maximum atomic E-state index is 5.77. The summed E-state index contributed by atoms with van der Waals surface area (Å²) in [7, 11) is 1.69. The lowest BCUT2D eigenvalue weighted by atomic mass is 10.1. The summed E-state index contributed by atoms with van der Waals surface area (Å²) in [5, 5.41) is 0.863. The van der Waals surface area contributed by atoms with Gasteiger partial charge in [-0.25, -0.2) is 10.8 Å². The molecular formula is C14H20N4O2. The number of nitrogens with zero attached hydrogens (tertiary/aromatic N) is 2. The number of fused-ring (bicyclic) bond motifs is 1. The van der Waals surface area contributed by atoms with Crippen molar-refractivity contribution in [3.8, 4) is 5.88 Å². The van der Waals surface area contributed by atoms with Crippen molar-refractivity contribution in [1.82, 2.24) is 9.97 Å². The van der Waals surface area contributed by atoms with Gasteiger partial charge in [-0.1, -0.05) is 12.1 Å². The highest BCUT2D eigenvalue weighted by molar-refractivity contribution is 5.84. The maximum absolute atomic E-state index is 5.77. The van der Waals surface area contributed by atoms with Crippen molar-refractivity contribution in [3.63, 3.8) is 0 Å². The molecular weight excluding hydrogens is 256 g/mol. The highest BCUT2D eigenvalue weighted by Crippen LogP contribution is 2.24. The Balaban J connectivity index is 2.20. The minimum Gasteiger partial charge on any atom is -0.477 e. The molecule has 0 saturated carbocycles. The smallest absolute Gasteiger partial charge is 0.241 e. The molecule has 2 aromatic rings. The summed E-state index contributed by atoms with van der Waals surface area (Å²) in [5.74, 6) is 6.24. The summed E-state index contributed by atoms with van der Waals surface area (Å²) in [4.78, 5) is 8.53. The number of benzene rings is 1. The summed E-state index contributed by atoms with van der Waals surface area (Å²) in [5.41, 5.74) is 3.01. The number of nitrogens with one attached hydrogen (secondary N) is 1. The molecule has 0 atom stereocenters. The first-order chi connectivity index (χ1) is 9.55. The summed E-state index contributed by atoms with van der Waals surface area (Å²) >= 11 is 0. The van der Waals surface area contributed by atoms with Crippen molar-refractivity contribution in [3.05, 3.63) is 24.3 Å². The predicted octanol–water partition coefficient (Wildman–Crippen LogP) is 2.11. The van der Waals surface area contributed by atoms with Gasteiger partial charge < -0.3 is 9.47 Å². The van der Waals surface area contributed by atoms with E-state index in [0.717, 1.165) is 17.3 Å². The van der Waals surface area contributed by atoms with Crippen molar-refractivity contribution >= 4 is 16.9 Å². The van der Waals surface area contributed by atoms with E-state index in [4.69, 9.17) is 15.3 Å². The van der Waals surface area contributed by atoms with E-state index in [9.17, 15) is 0 Å². The van der Waals surface area contributed by atoms with Gasteiger partial charge in [-0.15, -0.1) is 0 Å². The molecule has 3 N–H and O–H groups in total. The summed E-state index contributed by atoms with van der Waals surface area (Å²) in [6, 6.07) is 7.65. The van der Waals surface area contributed by atoms with Crippen LogP contribution in [0.4, 0.5) is 5.95 Å². The highest BCUT2D eigenvalue weighted by Gasteiger charge is 2.17. The Hall–Kier alpha value is -1.92. The van der Waals surface area contributed by atoms with Crippen LogP contribution in [0.15, 0.2) is 24.3 Å². The van der Waals surface area contributed by atoms with Crippen LogP contribution in [0.25, 0.3) is 10.9 Å². The second-order valence-electron chi connectivity index (χ2n) is 5.08. The molecule has 0 radical (unpaired) electrons. The number of hydrogen-bond acceptors (Lipinski definition) is 6. The molecule has 0 aliphatic heterocycles. The molecule has 20 heavy (non-hydrogen) atoms. The average Bonchev–Trinajstić information content (AvgIpc) is 2.46. The Morgan fingerprint density at radius 3 is 2.70 bits per heavy atom. The Bertz CT molecular complexity index is 586. The standard InChI is InChI=1S/C14H20N4O2/c1-14(2,19-3)8-9-20-12-10-6-4-5-7-11(10)16-13(17-12)18-15/h4-7H,8-9,15H2,1-3H3,(H,16,17,18). The van der Waals surface area contributed by atoms with Crippen molar-refractivity contribution in [2.45, 2.75) is 25.9 Å². The fraction of sp³-hybridized carbons (Fsp3) is 0.429. The van der Waals surface area contributed by atoms with E-state index in [1.54, 1.807) is 7.11 Å². The first-order valence-electron chi connectivity index (χ1n) is 6.47. The zero-order valence-corrected chi connectivity index (χ0v) is 12.0. The first-order valence-corrected chi connectivity index (χ1v) is 6.47. The van der Waals surface area contributed by atoms with Crippen LogP contribution in [0.5, 0.6) is 5.88 Å². The zero-order chi connectivity index (χ0) is 14.6. The lowest BCUT2D eigenvalue weighted by Gasteiger charge is -2.22. The van der Waals surface area contributed by atoms with E-state index in [1.807, 2.05) is 38.1 Å². The molecule has 1 heterocycles. The van der Waals surface area contributed by atoms with E-state index in [-0.39, 0.29) is 5.60 Å². The minimum absolute atomic E-state index is 0.224. The van der Waals surface area contributed by atoms with Gasteiger partial charge in [0.15, 0.2) is 0 Å². The number of nitrogens with two attached hydrogens (primary N) is 1. The summed E-state index contributed by atoms with van der Waals surface area (Å²) in [6.45, 7) is 4.54. The SMILES string of the molecule is COC(C)(C)CCOc1nc(NN)nc2ccccc12. The van der Waals surface area contributed by atoms with Crippen LogP contribution in [-0.4, -0.2) is 29.3 Å². The average molecular weight is 276 g/mol. The van der Waals surface area contributed by atoms with Gasteiger partial charge in [0, 0.05) is 13.5 Å². The van der Waals surface area contributed by atoms with Gasteiger partial charge in [-0.3, -0.25) is 5.43 Å². The van der Waals surface area contributed by atoms with Gasteiger partial charge in [-0.05, 0) is 26.0 Å². The van der Waals surface area contributed by atoms with Gasteiger partial charge >= 0.3 is 0 Å². The number of ether oxygens (including phenoxy) is 2.